The van der Waals surface area contributed by atoms with Crippen LogP contribution in [0.3, 0.4) is 0 Å². The molecule has 338 valence electrons. The maximum absolute atomic E-state index is 15.6. The Kier molecular flexibility index (Phi) is 10.7. The number of alkyl halides is 4. The Labute approximate surface area is 371 Å². The fourth-order valence-electron chi connectivity index (χ4n) is 8.81. The van der Waals surface area contributed by atoms with Crippen molar-refractivity contribution in [2.24, 2.45) is 13.0 Å². The number of aromatic nitrogens is 6. The van der Waals surface area contributed by atoms with Gasteiger partial charge in [-0.25, -0.2) is 31.0 Å². The molecule has 1 amide bonds. The SMILES string of the molecule is CC(C)Oc1ccccc1-c1ccc2c(=O)n(-c3ccc(Cl)c4c(NS(C)(=O)=O)nn(C)c34)c([C@H](Cc3cc(F)cc(F)c3)NC(=O)Cn3nc(C(F)F)c4c3C(F)(F)C3CC43)nc2c1. The molecular formula is C44H37ClF6N8O5S. The Morgan fingerprint density at radius 2 is 1.74 bits per heavy atom. The number of carbonyl (C=O) groups excluding carboxylic acids is 1. The standard InChI is InChI=1S/C44H37ClF6N8O5S/c1-20(2)64-33-8-6-5-7-25(33)22-9-10-26-30(16-22)53-42(59(43(26)61)32-12-11-29(45)36-38(32)57(3)55-41(36)56-65(4,62)63)31(15-21-13-23(46)17-24(47)14-21)52-34(60)19-58-39-35(37(54-58)40(48)49)27-18-28(27)44(39,50)51/h5-14,16-17,20,27-28,31,40H,15,18-19H2,1-4H3,(H,52,60)(H,55,56)/t27?,28?,31-/m0/s1. The third-order valence-corrected chi connectivity index (χ3v) is 12.2. The summed E-state index contributed by atoms with van der Waals surface area (Å²) in [6.07, 6.45) is -2.98. The largest absolute Gasteiger partial charge is 0.490 e. The molecule has 13 nitrogen and oxygen atoms in total. The van der Waals surface area contributed by atoms with Gasteiger partial charge in [-0.3, -0.25) is 28.2 Å². The normalized spacial score (nSPS) is 16.9. The molecule has 0 saturated heterocycles. The van der Waals surface area contributed by atoms with E-state index < -0.39 is 87.7 Å². The molecule has 1 fully saturated rings. The first-order chi connectivity index (χ1) is 30.7. The van der Waals surface area contributed by atoms with Crippen LogP contribution < -0.4 is 20.3 Å². The van der Waals surface area contributed by atoms with Crippen LogP contribution in [-0.4, -0.2) is 55.8 Å². The van der Waals surface area contributed by atoms with Crippen molar-refractivity contribution in [3.8, 4) is 22.6 Å². The number of ether oxygens (including phenoxy) is 1. The highest BCUT2D eigenvalue weighted by atomic mass is 35.5. The van der Waals surface area contributed by atoms with E-state index in [2.05, 4.69) is 20.2 Å². The minimum Gasteiger partial charge on any atom is -0.490 e. The maximum Gasteiger partial charge on any atom is 0.293 e. The summed E-state index contributed by atoms with van der Waals surface area (Å²) in [5, 5.41) is 10.9. The molecule has 2 aliphatic carbocycles. The summed E-state index contributed by atoms with van der Waals surface area (Å²) in [5.74, 6) is -8.52. The maximum atomic E-state index is 15.6. The van der Waals surface area contributed by atoms with Gasteiger partial charge in [-0.15, -0.1) is 0 Å². The summed E-state index contributed by atoms with van der Waals surface area (Å²) in [4.78, 5) is 34.3. The Bertz CT molecular complexity index is 3260. The van der Waals surface area contributed by atoms with Crippen molar-refractivity contribution in [2.75, 3.05) is 11.0 Å². The molecule has 3 heterocycles. The molecule has 2 aliphatic rings. The number of rotatable bonds is 13. The molecule has 21 heteroatoms. The lowest BCUT2D eigenvalue weighted by molar-refractivity contribution is -0.123. The summed E-state index contributed by atoms with van der Waals surface area (Å²) in [7, 11) is -2.46. The zero-order chi connectivity index (χ0) is 46.4. The van der Waals surface area contributed by atoms with Crippen molar-refractivity contribution in [2.45, 2.75) is 63.6 Å². The number of hydrogen-bond donors (Lipinski definition) is 2. The highest BCUT2D eigenvalue weighted by molar-refractivity contribution is 7.92. The molecule has 4 aromatic carbocycles. The topological polar surface area (TPSA) is 155 Å². The van der Waals surface area contributed by atoms with E-state index in [0.717, 1.165) is 23.0 Å². The molecule has 1 saturated carbocycles. The molecule has 2 N–H and O–H groups in total. The predicted octanol–water partition coefficient (Wildman–Crippen LogP) is 8.47. The van der Waals surface area contributed by atoms with Gasteiger partial charge in [-0.05, 0) is 79.8 Å². The Hall–Kier alpha value is -6.41. The first-order valence-corrected chi connectivity index (χ1v) is 22.4. The minimum absolute atomic E-state index is 0.00642. The molecule has 65 heavy (non-hydrogen) atoms. The number of hydrogen-bond acceptors (Lipinski definition) is 8. The Morgan fingerprint density at radius 1 is 1.02 bits per heavy atom. The van der Waals surface area contributed by atoms with Gasteiger partial charge in [0.1, 0.15) is 41.1 Å². The smallest absolute Gasteiger partial charge is 0.293 e. The van der Waals surface area contributed by atoms with Gasteiger partial charge in [-0.1, -0.05) is 35.9 Å². The van der Waals surface area contributed by atoms with Crippen LogP contribution in [0.4, 0.5) is 32.2 Å². The number of anilines is 1. The van der Waals surface area contributed by atoms with Crippen LogP contribution in [0.2, 0.25) is 5.02 Å². The molecule has 3 aromatic heterocycles. The summed E-state index contributed by atoms with van der Waals surface area (Å²) in [5.41, 5.74) is -1.28. The zero-order valence-corrected chi connectivity index (χ0v) is 36.3. The second kappa shape index (κ2) is 15.9. The Balaban J connectivity index is 1.27. The van der Waals surface area contributed by atoms with Gasteiger partial charge in [0, 0.05) is 36.6 Å². The van der Waals surface area contributed by atoms with Gasteiger partial charge in [0.15, 0.2) is 5.82 Å². The van der Waals surface area contributed by atoms with E-state index in [9.17, 15) is 30.8 Å². The zero-order valence-electron chi connectivity index (χ0n) is 34.7. The third kappa shape index (κ3) is 7.95. The van der Waals surface area contributed by atoms with Crippen molar-refractivity contribution in [3.05, 3.63) is 128 Å². The van der Waals surface area contributed by atoms with E-state index in [-0.39, 0.29) is 67.8 Å². The van der Waals surface area contributed by atoms with Crippen LogP contribution in [0.25, 0.3) is 38.6 Å². The van der Waals surface area contributed by atoms with Crippen LogP contribution in [0, 0.1) is 17.6 Å². The molecule has 3 atom stereocenters. The van der Waals surface area contributed by atoms with Gasteiger partial charge in [0.2, 0.25) is 15.9 Å². The van der Waals surface area contributed by atoms with Crippen LogP contribution in [-0.2, 0) is 40.8 Å². The number of aryl methyl sites for hydroxylation is 1. The number of amides is 1. The molecule has 0 aliphatic heterocycles. The second-order valence-electron chi connectivity index (χ2n) is 16.4. The molecular weight excluding hydrogens is 902 g/mol. The van der Waals surface area contributed by atoms with Crippen LogP contribution in [0.5, 0.6) is 5.75 Å². The molecule has 0 radical (unpaired) electrons. The van der Waals surface area contributed by atoms with E-state index >= 15 is 13.6 Å². The van der Waals surface area contributed by atoms with Gasteiger partial charge in [0.25, 0.3) is 17.9 Å². The lowest BCUT2D eigenvalue weighted by Gasteiger charge is -2.24. The van der Waals surface area contributed by atoms with Crippen molar-refractivity contribution in [1.82, 2.24) is 34.4 Å². The molecule has 9 rings (SSSR count). The van der Waals surface area contributed by atoms with Crippen LogP contribution in [0.15, 0.2) is 77.6 Å². The third-order valence-electron chi connectivity index (χ3n) is 11.4. The summed E-state index contributed by atoms with van der Waals surface area (Å²) in [6, 6.07) is 15.8. The first kappa shape index (κ1) is 43.8. The number of para-hydroxylation sites is 1. The molecule has 0 spiro atoms. The lowest BCUT2D eigenvalue weighted by Crippen LogP contribution is -2.38. The number of nitrogens with one attached hydrogen (secondary N) is 2. The second-order valence-corrected chi connectivity index (χ2v) is 18.6. The van der Waals surface area contributed by atoms with Gasteiger partial charge in [0.05, 0.1) is 50.9 Å². The minimum atomic E-state index is -3.92. The van der Waals surface area contributed by atoms with Crippen molar-refractivity contribution in [1.29, 1.82) is 0 Å². The van der Waals surface area contributed by atoms with E-state index in [0.29, 0.717) is 27.6 Å². The van der Waals surface area contributed by atoms with Gasteiger partial charge < -0.3 is 10.1 Å². The van der Waals surface area contributed by atoms with Gasteiger partial charge >= 0.3 is 0 Å². The monoisotopic (exact) mass is 938 g/mol. The number of sulfonamides is 1. The van der Waals surface area contributed by atoms with Crippen molar-refractivity contribution >= 4 is 55.2 Å². The quantitative estimate of drug-likeness (QED) is 0.109. The van der Waals surface area contributed by atoms with E-state index in [1.165, 1.54) is 29.9 Å². The van der Waals surface area contributed by atoms with Crippen molar-refractivity contribution in [3.63, 3.8) is 0 Å². The number of fused-ring (bicyclic) bond motifs is 5. The predicted molar refractivity (Wildman–Crippen MR) is 229 cm³/mol. The van der Waals surface area contributed by atoms with E-state index in [1.54, 1.807) is 36.4 Å². The summed E-state index contributed by atoms with van der Waals surface area (Å²) in [6.45, 7) is 2.72. The average molecular weight is 939 g/mol. The highest BCUT2D eigenvalue weighted by Gasteiger charge is 2.67. The van der Waals surface area contributed by atoms with Crippen LogP contribution >= 0.6 is 11.6 Å². The van der Waals surface area contributed by atoms with E-state index in [1.807, 2.05) is 13.8 Å². The number of nitrogens with zero attached hydrogens (tertiary/aromatic N) is 6. The molecule has 7 aromatic rings. The Morgan fingerprint density at radius 3 is 2.43 bits per heavy atom. The van der Waals surface area contributed by atoms with Crippen molar-refractivity contribution < 1.29 is 44.3 Å². The van der Waals surface area contributed by atoms with Crippen LogP contribution in [0.1, 0.15) is 67.0 Å². The lowest BCUT2D eigenvalue weighted by atomic mass is 10.0. The fourth-order valence-corrected chi connectivity index (χ4v) is 9.55. The van der Waals surface area contributed by atoms with Gasteiger partial charge in [-0.2, -0.15) is 19.0 Å². The summed E-state index contributed by atoms with van der Waals surface area (Å²) < 4.78 is 125. The number of halogens is 7. The average Bonchev–Trinajstić information content (AvgIpc) is 3.75. The highest BCUT2D eigenvalue weighted by Crippen LogP contribution is 2.68. The molecule has 2 unspecified atom stereocenters. The number of carbonyl (C=O) groups is 1. The summed E-state index contributed by atoms with van der Waals surface area (Å²) >= 11 is 6.66. The van der Waals surface area contributed by atoms with E-state index in [4.69, 9.17) is 21.3 Å². The fraction of sp³-hybridized carbons (Fsp3) is 0.295. The first-order valence-electron chi connectivity index (χ1n) is 20.2. The molecule has 0 bridgehead atoms. The number of benzene rings is 4.